The van der Waals surface area contributed by atoms with Gasteiger partial charge in [0.2, 0.25) is 5.91 Å². The number of rotatable bonds is 2. The minimum Gasteiger partial charge on any atom is -0.399 e. The summed E-state index contributed by atoms with van der Waals surface area (Å²) in [7, 11) is 0. The number of amides is 1. The van der Waals surface area contributed by atoms with E-state index in [0.29, 0.717) is 6.42 Å². The smallest absolute Gasteiger partial charge is 0.227 e. The van der Waals surface area contributed by atoms with Crippen molar-refractivity contribution in [2.45, 2.75) is 12.8 Å². The molecule has 0 radical (unpaired) electrons. The Balaban J connectivity index is 1.86. The van der Waals surface area contributed by atoms with Crippen LogP contribution in [-0.4, -0.2) is 12.5 Å². The largest absolute Gasteiger partial charge is 0.399 e. The number of carbonyl (C=O) groups excluding carboxylic acids is 1. The first-order valence-corrected chi connectivity index (χ1v) is 6.50. The second kappa shape index (κ2) is 4.76. The standard InChI is InChI=1S/C16H16N2O/c17-14-7-3-12(4-8-14)13-5-9-15(10-6-13)18-11-1-2-16(18)19/h3-10H,1-2,11,17H2. The molecule has 1 aliphatic rings. The highest BCUT2D eigenvalue weighted by molar-refractivity contribution is 5.95. The lowest BCUT2D eigenvalue weighted by Gasteiger charge is -2.16. The van der Waals surface area contributed by atoms with Crippen molar-refractivity contribution in [3.05, 3.63) is 48.5 Å². The number of nitrogens with two attached hydrogens (primary N) is 1. The highest BCUT2D eigenvalue weighted by atomic mass is 16.2. The second-order valence-corrected chi connectivity index (χ2v) is 4.82. The van der Waals surface area contributed by atoms with Gasteiger partial charge in [0.05, 0.1) is 0 Å². The predicted molar refractivity (Wildman–Crippen MR) is 77.9 cm³/mol. The van der Waals surface area contributed by atoms with Crippen LogP contribution in [0.5, 0.6) is 0 Å². The van der Waals surface area contributed by atoms with Gasteiger partial charge >= 0.3 is 0 Å². The van der Waals surface area contributed by atoms with E-state index in [4.69, 9.17) is 5.73 Å². The average Bonchev–Trinajstić information content (AvgIpc) is 2.86. The Bertz CT molecular complexity index is 587. The molecular weight excluding hydrogens is 236 g/mol. The quantitative estimate of drug-likeness (QED) is 0.835. The van der Waals surface area contributed by atoms with Crippen molar-refractivity contribution >= 4 is 17.3 Å². The van der Waals surface area contributed by atoms with E-state index in [1.54, 1.807) is 0 Å². The third-order valence-corrected chi connectivity index (χ3v) is 3.50. The molecular formula is C16H16N2O. The number of nitrogen functional groups attached to an aromatic ring is 1. The van der Waals surface area contributed by atoms with Crippen molar-refractivity contribution in [2.24, 2.45) is 0 Å². The van der Waals surface area contributed by atoms with Gasteiger partial charge in [-0.2, -0.15) is 0 Å². The second-order valence-electron chi connectivity index (χ2n) is 4.82. The topological polar surface area (TPSA) is 46.3 Å². The summed E-state index contributed by atoms with van der Waals surface area (Å²) in [6, 6.07) is 15.9. The fourth-order valence-corrected chi connectivity index (χ4v) is 2.43. The van der Waals surface area contributed by atoms with Gasteiger partial charge in [-0.25, -0.2) is 0 Å². The lowest BCUT2D eigenvalue weighted by molar-refractivity contribution is -0.117. The molecule has 0 unspecified atom stereocenters. The Kier molecular flexibility index (Phi) is 2.95. The van der Waals surface area contributed by atoms with Crippen LogP contribution in [0.1, 0.15) is 12.8 Å². The van der Waals surface area contributed by atoms with Gasteiger partial charge < -0.3 is 10.6 Å². The Morgan fingerprint density at radius 1 is 0.895 bits per heavy atom. The first-order chi connectivity index (χ1) is 9.24. The van der Waals surface area contributed by atoms with E-state index >= 15 is 0 Å². The minimum atomic E-state index is 0.222. The van der Waals surface area contributed by atoms with Crippen molar-refractivity contribution in [3.63, 3.8) is 0 Å². The zero-order valence-corrected chi connectivity index (χ0v) is 10.7. The maximum atomic E-state index is 11.7. The molecule has 1 heterocycles. The molecule has 1 amide bonds. The lowest BCUT2D eigenvalue weighted by Crippen LogP contribution is -2.23. The molecule has 3 rings (SSSR count). The van der Waals surface area contributed by atoms with Gasteiger partial charge in [0.15, 0.2) is 0 Å². The molecule has 2 aromatic rings. The van der Waals surface area contributed by atoms with E-state index < -0.39 is 0 Å². The fourth-order valence-electron chi connectivity index (χ4n) is 2.43. The highest BCUT2D eigenvalue weighted by Crippen LogP contribution is 2.26. The van der Waals surface area contributed by atoms with Crippen LogP contribution in [0.4, 0.5) is 11.4 Å². The molecule has 1 aliphatic heterocycles. The van der Waals surface area contributed by atoms with Crippen molar-refractivity contribution in [3.8, 4) is 11.1 Å². The van der Waals surface area contributed by atoms with Gasteiger partial charge in [0.1, 0.15) is 0 Å². The Morgan fingerprint density at radius 2 is 1.47 bits per heavy atom. The van der Waals surface area contributed by atoms with Gasteiger partial charge in [-0.1, -0.05) is 24.3 Å². The van der Waals surface area contributed by atoms with E-state index in [-0.39, 0.29) is 5.91 Å². The van der Waals surface area contributed by atoms with E-state index in [9.17, 15) is 4.79 Å². The zero-order chi connectivity index (χ0) is 13.2. The van der Waals surface area contributed by atoms with Crippen LogP contribution in [0.25, 0.3) is 11.1 Å². The maximum absolute atomic E-state index is 11.7. The summed E-state index contributed by atoms with van der Waals surface area (Å²) in [5.74, 6) is 0.222. The molecule has 0 bridgehead atoms. The molecule has 2 aromatic carbocycles. The molecule has 0 aromatic heterocycles. The molecule has 1 fully saturated rings. The maximum Gasteiger partial charge on any atom is 0.227 e. The summed E-state index contributed by atoms with van der Waals surface area (Å²) in [4.78, 5) is 13.5. The lowest BCUT2D eigenvalue weighted by atomic mass is 10.0. The van der Waals surface area contributed by atoms with Crippen LogP contribution in [0.3, 0.4) is 0 Å². The van der Waals surface area contributed by atoms with Gasteiger partial charge in [0, 0.05) is 24.3 Å². The Labute approximate surface area is 112 Å². The predicted octanol–water partition coefficient (Wildman–Crippen LogP) is 3.06. The number of nitrogens with zero attached hydrogens (tertiary/aromatic N) is 1. The number of hydrogen-bond donors (Lipinski definition) is 1. The van der Waals surface area contributed by atoms with E-state index in [0.717, 1.165) is 35.5 Å². The summed E-state index contributed by atoms with van der Waals surface area (Å²) in [5, 5.41) is 0. The van der Waals surface area contributed by atoms with Crippen molar-refractivity contribution in [1.82, 2.24) is 0 Å². The average molecular weight is 252 g/mol. The summed E-state index contributed by atoms with van der Waals surface area (Å²) in [6.07, 6.45) is 1.62. The monoisotopic (exact) mass is 252 g/mol. The summed E-state index contributed by atoms with van der Waals surface area (Å²) in [5.41, 5.74) is 9.70. The molecule has 96 valence electrons. The van der Waals surface area contributed by atoms with Gasteiger partial charge in [-0.05, 0) is 41.8 Å². The van der Waals surface area contributed by atoms with Crippen LogP contribution in [0.15, 0.2) is 48.5 Å². The molecule has 1 saturated heterocycles. The number of hydrogen-bond acceptors (Lipinski definition) is 2. The third kappa shape index (κ3) is 2.32. The summed E-state index contributed by atoms with van der Waals surface area (Å²) >= 11 is 0. The van der Waals surface area contributed by atoms with Crippen LogP contribution >= 0.6 is 0 Å². The first-order valence-electron chi connectivity index (χ1n) is 6.50. The van der Waals surface area contributed by atoms with Gasteiger partial charge in [-0.3, -0.25) is 4.79 Å². The van der Waals surface area contributed by atoms with Gasteiger partial charge in [0.25, 0.3) is 0 Å². The van der Waals surface area contributed by atoms with Crippen LogP contribution in [-0.2, 0) is 4.79 Å². The van der Waals surface area contributed by atoms with E-state index in [1.165, 1.54) is 0 Å². The van der Waals surface area contributed by atoms with Crippen molar-refractivity contribution in [1.29, 1.82) is 0 Å². The molecule has 19 heavy (non-hydrogen) atoms. The molecule has 0 saturated carbocycles. The minimum absolute atomic E-state index is 0.222. The van der Waals surface area contributed by atoms with E-state index in [2.05, 4.69) is 0 Å². The summed E-state index contributed by atoms with van der Waals surface area (Å²) < 4.78 is 0. The molecule has 0 spiro atoms. The van der Waals surface area contributed by atoms with Crippen molar-refractivity contribution < 1.29 is 4.79 Å². The van der Waals surface area contributed by atoms with E-state index in [1.807, 2.05) is 53.4 Å². The SMILES string of the molecule is Nc1ccc(-c2ccc(N3CCCC3=O)cc2)cc1. The molecule has 0 atom stereocenters. The number of benzene rings is 2. The van der Waals surface area contributed by atoms with Crippen LogP contribution < -0.4 is 10.6 Å². The molecule has 0 aliphatic carbocycles. The van der Waals surface area contributed by atoms with Gasteiger partial charge in [-0.15, -0.1) is 0 Å². The number of carbonyl (C=O) groups is 1. The Hall–Kier alpha value is -2.29. The molecule has 3 heteroatoms. The summed E-state index contributed by atoms with van der Waals surface area (Å²) in [6.45, 7) is 0.833. The zero-order valence-electron chi connectivity index (χ0n) is 10.7. The first kappa shape index (κ1) is 11.8. The van der Waals surface area contributed by atoms with Crippen LogP contribution in [0, 0.1) is 0 Å². The highest BCUT2D eigenvalue weighted by Gasteiger charge is 2.21. The molecule has 3 nitrogen and oxygen atoms in total. The van der Waals surface area contributed by atoms with Crippen molar-refractivity contribution in [2.75, 3.05) is 17.2 Å². The van der Waals surface area contributed by atoms with Crippen LogP contribution in [0.2, 0.25) is 0 Å². The molecule has 2 N–H and O–H groups in total. The normalized spacial score (nSPS) is 14.9. The Morgan fingerprint density at radius 3 is 2.00 bits per heavy atom. The number of anilines is 2. The fraction of sp³-hybridized carbons (Fsp3) is 0.188. The third-order valence-electron chi connectivity index (χ3n) is 3.50.